The molecule has 0 radical (unpaired) electrons. The van der Waals surface area contributed by atoms with E-state index in [2.05, 4.69) is 10.8 Å². The molecule has 0 aliphatic carbocycles. The molecule has 0 unspecified atom stereocenters. The lowest BCUT2D eigenvalue weighted by Crippen LogP contribution is -2.21. The van der Waals surface area contributed by atoms with E-state index in [0.717, 1.165) is 18.5 Å². The predicted molar refractivity (Wildman–Crippen MR) is 77.6 cm³/mol. The third-order valence-electron chi connectivity index (χ3n) is 2.52. The molecule has 1 aromatic carbocycles. The van der Waals surface area contributed by atoms with Crippen LogP contribution >= 0.6 is 23.2 Å². The predicted octanol–water partition coefficient (Wildman–Crippen LogP) is 3.64. The number of hydrogen-bond donors (Lipinski definition) is 0. The van der Waals surface area contributed by atoms with E-state index in [9.17, 15) is 0 Å². The average molecular weight is 286 g/mol. The van der Waals surface area contributed by atoms with Gasteiger partial charge in [-0.25, -0.2) is 0 Å². The first kappa shape index (κ1) is 15.2. The van der Waals surface area contributed by atoms with Crippen LogP contribution in [0.1, 0.15) is 12.0 Å². The summed E-state index contributed by atoms with van der Waals surface area (Å²) in [5.74, 6) is 3.28. The van der Waals surface area contributed by atoms with Gasteiger partial charge in [0.15, 0.2) is 0 Å². The van der Waals surface area contributed by atoms with Crippen LogP contribution in [0.4, 0.5) is 0 Å². The number of nitrogens with zero attached hydrogens (tertiary/aromatic N) is 1. The van der Waals surface area contributed by atoms with Crippen molar-refractivity contribution >= 4 is 23.2 Å². The van der Waals surface area contributed by atoms with E-state index in [-0.39, 0.29) is 0 Å². The molecule has 0 heterocycles. The maximum absolute atomic E-state index is 6.05. The van der Waals surface area contributed by atoms with Gasteiger partial charge in [0.05, 0.1) is 18.2 Å². The number of aryl methyl sites for hydroxylation is 1. The second-order valence-corrected chi connectivity index (χ2v) is 4.99. The van der Waals surface area contributed by atoms with Gasteiger partial charge in [-0.3, -0.25) is 4.90 Å². The van der Waals surface area contributed by atoms with Crippen LogP contribution in [-0.2, 0) is 0 Å². The van der Waals surface area contributed by atoms with Gasteiger partial charge >= 0.3 is 0 Å². The Kier molecular flexibility index (Phi) is 6.35. The fraction of sp³-hybridized carbons (Fsp3) is 0.429. The quantitative estimate of drug-likeness (QED) is 0.585. The van der Waals surface area contributed by atoms with Crippen LogP contribution in [0.25, 0.3) is 0 Å². The van der Waals surface area contributed by atoms with E-state index in [4.69, 9.17) is 34.4 Å². The van der Waals surface area contributed by atoms with Crippen molar-refractivity contribution in [2.75, 3.05) is 26.7 Å². The molecule has 98 valence electrons. The summed E-state index contributed by atoms with van der Waals surface area (Å²) < 4.78 is 5.63. The van der Waals surface area contributed by atoms with Crippen molar-refractivity contribution in [1.82, 2.24) is 4.90 Å². The minimum absolute atomic E-state index is 0.544. The zero-order valence-electron chi connectivity index (χ0n) is 10.7. The van der Waals surface area contributed by atoms with Crippen molar-refractivity contribution in [2.45, 2.75) is 13.3 Å². The molecule has 0 fully saturated rings. The van der Waals surface area contributed by atoms with Crippen LogP contribution in [0.3, 0.4) is 0 Å². The van der Waals surface area contributed by atoms with Crippen molar-refractivity contribution in [3.63, 3.8) is 0 Å². The minimum Gasteiger partial charge on any atom is -0.492 e. The van der Waals surface area contributed by atoms with Gasteiger partial charge in [-0.15, -0.1) is 6.42 Å². The molecule has 0 spiro atoms. The number of terminal acetylenes is 1. The molecule has 1 aromatic rings. The van der Waals surface area contributed by atoms with Crippen molar-refractivity contribution in [1.29, 1.82) is 0 Å². The highest BCUT2D eigenvalue weighted by Crippen LogP contribution is 2.30. The van der Waals surface area contributed by atoms with Crippen molar-refractivity contribution in [3.05, 3.63) is 27.7 Å². The van der Waals surface area contributed by atoms with Gasteiger partial charge in [0, 0.05) is 11.6 Å². The number of hydrogen-bond acceptors (Lipinski definition) is 2. The first-order chi connectivity index (χ1) is 8.54. The first-order valence-corrected chi connectivity index (χ1v) is 6.50. The molecular formula is C14H17Cl2NO. The van der Waals surface area contributed by atoms with Crippen LogP contribution < -0.4 is 4.74 Å². The summed E-state index contributed by atoms with van der Waals surface area (Å²) in [6.07, 6.45) is 6.12. The number of ether oxygens (including phenoxy) is 1. The van der Waals surface area contributed by atoms with Crippen molar-refractivity contribution < 1.29 is 4.74 Å². The molecule has 0 aliphatic heterocycles. The largest absolute Gasteiger partial charge is 0.492 e. The Morgan fingerprint density at radius 1 is 1.33 bits per heavy atom. The van der Waals surface area contributed by atoms with E-state index in [1.807, 2.05) is 20.0 Å². The molecule has 1 rings (SSSR count). The Bertz CT molecular complexity index is 440. The number of rotatable bonds is 6. The molecule has 0 N–H and O–H groups in total. The normalized spacial score (nSPS) is 10.4. The van der Waals surface area contributed by atoms with Crippen molar-refractivity contribution in [2.24, 2.45) is 0 Å². The molecule has 2 nitrogen and oxygen atoms in total. The summed E-state index contributed by atoms with van der Waals surface area (Å²) in [4.78, 5) is 2.07. The third-order valence-corrected chi connectivity index (χ3v) is 3.22. The smallest absolute Gasteiger partial charge is 0.138 e. The molecule has 0 aromatic heterocycles. The molecule has 18 heavy (non-hydrogen) atoms. The summed E-state index contributed by atoms with van der Waals surface area (Å²) in [5.41, 5.74) is 0.959. The molecule has 0 saturated carbocycles. The van der Waals surface area contributed by atoms with E-state index in [1.165, 1.54) is 0 Å². The highest BCUT2D eigenvalue weighted by molar-refractivity contribution is 6.35. The highest BCUT2D eigenvalue weighted by Gasteiger charge is 2.05. The van der Waals surface area contributed by atoms with Gasteiger partial charge in [-0.05, 0) is 38.1 Å². The van der Waals surface area contributed by atoms with Crippen LogP contribution in [0.5, 0.6) is 5.75 Å². The number of benzene rings is 1. The van der Waals surface area contributed by atoms with Crippen LogP contribution in [-0.4, -0.2) is 31.6 Å². The zero-order valence-corrected chi connectivity index (χ0v) is 12.2. The second-order valence-electron chi connectivity index (χ2n) is 4.18. The van der Waals surface area contributed by atoms with E-state index in [1.54, 1.807) is 6.07 Å². The van der Waals surface area contributed by atoms with Crippen LogP contribution in [0, 0.1) is 19.3 Å². The van der Waals surface area contributed by atoms with Crippen LogP contribution in [0.2, 0.25) is 10.0 Å². The number of halogens is 2. The van der Waals surface area contributed by atoms with Gasteiger partial charge in [0.2, 0.25) is 0 Å². The lowest BCUT2D eigenvalue weighted by Gasteiger charge is -2.14. The standard InChI is InChI=1S/C14H17Cl2NO/c1-4-6-17(3)7-5-8-18-14-9-11(2)12(15)10-13(14)16/h1,9-10H,5-8H2,2-3H3. The molecule has 0 bridgehead atoms. The van der Waals surface area contributed by atoms with Gasteiger partial charge in [0.1, 0.15) is 5.75 Å². The summed E-state index contributed by atoms with van der Waals surface area (Å²) in [6, 6.07) is 3.56. The van der Waals surface area contributed by atoms with Gasteiger partial charge in [-0.1, -0.05) is 29.1 Å². The SMILES string of the molecule is C#CCN(C)CCCOc1cc(C)c(Cl)cc1Cl. The fourth-order valence-electron chi connectivity index (χ4n) is 1.49. The Labute approximate surface area is 119 Å². The molecule has 0 atom stereocenters. The molecule has 0 saturated heterocycles. The summed E-state index contributed by atoms with van der Waals surface area (Å²) in [7, 11) is 1.99. The monoisotopic (exact) mass is 285 g/mol. The van der Waals surface area contributed by atoms with E-state index < -0.39 is 0 Å². The molecular weight excluding hydrogens is 269 g/mol. The fourth-order valence-corrected chi connectivity index (χ4v) is 1.93. The van der Waals surface area contributed by atoms with E-state index >= 15 is 0 Å². The highest BCUT2D eigenvalue weighted by atomic mass is 35.5. The Morgan fingerprint density at radius 2 is 2.06 bits per heavy atom. The molecule has 4 heteroatoms. The zero-order chi connectivity index (χ0) is 13.5. The van der Waals surface area contributed by atoms with Gasteiger partial charge in [-0.2, -0.15) is 0 Å². The van der Waals surface area contributed by atoms with Gasteiger partial charge < -0.3 is 4.74 Å². The summed E-state index contributed by atoms with van der Waals surface area (Å²) in [5, 5.41) is 1.20. The maximum Gasteiger partial charge on any atom is 0.138 e. The van der Waals surface area contributed by atoms with Crippen molar-refractivity contribution in [3.8, 4) is 18.1 Å². The second kappa shape index (κ2) is 7.53. The maximum atomic E-state index is 6.05. The lowest BCUT2D eigenvalue weighted by molar-refractivity contribution is 0.274. The summed E-state index contributed by atoms with van der Waals surface area (Å²) >= 11 is 12.0. The molecule has 0 aliphatic rings. The lowest BCUT2D eigenvalue weighted by atomic mass is 10.2. The van der Waals surface area contributed by atoms with E-state index in [0.29, 0.717) is 28.9 Å². The average Bonchev–Trinajstić information content (AvgIpc) is 2.31. The minimum atomic E-state index is 0.544. The summed E-state index contributed by atoms with van der Waals surface area (Å²) in [6.45, 7) is 4.08. The topological polar surface area (TPSA) is 12.5 Å². The van der Waals surface area contributed by atoms with Crippen LogP contribution in [0.15, 0.2) is 12.1 Å². The van der Waals surface area contributed by atoms with Gasteiger partial charge in [0.25, 0.3) is 0 Å². The molecule has 0 amide bonds. The third kappa shape index (κ3) is 4.78. The Hall–Kier alpha value is -0.880. The first-order valence-electron chi connectivity index (χ1n) is 5.75. The Morgan fingerprint density at radius 3 is 2.72 bits per heavy atom. The Balaban J connectivity index is 2.40.